The maximum Gasteiger partial charge on any atom is 0.254 e. The predicted octanol–water partition coefficient (Wildman–Crippen LogP) is 3.88. The van der Waals surface area contributed by atoms with Crippen LogP contribution in [0.3, 0.4) is 0 Å². The van der Waals surface area contributed by atoms with Gasteiger partial charge in [-0.1, -0.05) is 18.2 Å². The van der Waals surface area contributed by atoms with Crippen LogP contribution < -0.4 is 5.32 Å². The lowest BCUT2D eigenvalue weighted by Crippen LogP contribution is -2.59. The van der Waals surface area contributed by atoms with Crippen LogP contribution in [-0.4, -0.2) is 63.1 Å². The van der Waals surface area contributed by atoms with Crippen molar-refractivity contribution in [1.82, 2.24) is 24.2 Å². The Bertz CT molecular complexity index is 1430. The molecule has 4 aromatic rings. The second-order valence-electron chi connectivity index (χ2n) is 10.3. The molecular weight excluding hydrogens is 438 g/mol. The Morgan fingerprint density at radius 1 is 1.17 bits per heavy atom. The van der Waals surface area contributed by atoms with Crippen molar-refractivity contribution < 1.29 is 9.53 Å². The van der Waals surface area contributed by atoms with Gasteiger partial charge in [-0.25, -0.2) is 4.98 Å². The van der Waals surface area contributed by atoms with Gasteiger partial charge in [0.1, 0.15) is 11.3 Å². The van der Waals surface area contributed by atoms with Crippen molar-refractivity contribution in [3.8, 4) is 11.4 Å². The van der Waals surface area contributed by atoms with Crippen molar-refractivity contribution in [3.63, 3.8) is 0 Å². The number of hydrogen-bond donors (Lipinski definition) is 1. The second-order valence-corrected chi connectivity index (χ2v) is 10.3. The number of aryl methyl sites for hydroxylation is 1. The fourth-order valence-electron chi connectivity index (χ4n) is 5.85. The number of amides is 1. The van der Waals surface area contributed by atoms with Crippen LogP contribution in [0.2, 0.25) is 0 Å². The van der Waals surface area contributed by atoms with Gasteiger partial charge >= 0.3 is 0 Å². The first kappa shape index (κ1) is 21.1. The van der Waals surface area contributed by atoms with Gasteiger partial charge in [0.25, 0.3) is 5.91 Å². The van der Waals surface area contributed by atoms with Crippen molar-refractivity contribution in [2.75, 3.05) is 26.2 Å². The topological polar surface area (TPSA) is 63.8 Å². The standard InChI is InChI=1S/C28H31N5O2/c1-18-27(24-14-20-4-2-3-5-23(20)33(24)16-19-6-7-19)30-26-15-21(8-12-32(18)26)28(34)31-11-9-25-22(17-31)29-10-13-35-25/h2-5,8,12,14-15,19,22,25,29H,6-7,9-11,13,16-17H2,1H3. The number of morpholine rings is 1. The number of carbonyl (C=O) groups excluding carboxylic acids is 1. The lowest BCUT2D eigenvalue weighted by molar-refractivity contribution is -0.0383. The van der Waals surface area contributed by atoms with Gasteiger partial charge in [-0.05, 0) is 56.4 Å². The number of piperidine rings is 1. The summed E-state index contributed by atoms with van der Waals surface area (Å²) >= 11 is 0. The Morgan fingerprint density at radius 3 is 2.94 bits per heavy atom. The summed E-state index contributed by atoms with van der Waals surface area (Å²) in [5.74, 6) is 0.836. The van der Waals surface area contributed by atoms with E-state index in [0.29, 0.717) is 12.1 Å². The van der Waals surface area contributed by atoms with E-state index in [-0.39, 0.29) is 18.1 Å². The van der Waals surface area contributed by atoms with E-state index in [0.717, 1.165) is 61.3 Å². The van der Waals surface area contributed by atoms with E-state index in [1.54, 1.807) is 0 Å². The van der Waals surface area contributed by atoms with Gasteiger partial charge < -0.3 is 23.9 Å². The Balaban J connectivity index is 1.23. The summed E-state index contributed by atoms with van der Waals surface area (Å²) < 4.78 is 10.4. The van der Waals surface area contributed by atoms with Gasteiger partial charge in [-0.3, -0.25) is 4.79 Å². The van der Waals surface area contributed by atoms with Crippen molar-refractivity contribution in [2.24, 2.45) is 5.92 Å². The summed E-state index contributed by atoms with van der Waals surface area (Å²) in [6, 6.07) is 15.0. The summed E-state index contributed by atoms with van der Waals surface area (Å²) in [4.78, 5) is 20.4. The number of pyridine rings is 1. The fourth-order valence-corrected chi connectivity index (χ4v) is 5.85. The van der Waals surface area contributed by atoms with Gasteiger partial charge in [-0.15, -0.1) is 0 Å². The molecule has 35 heavy (non-hydrogen) atoms. The van der Waals surface area contributed by atoms with Gasteiger partial charge in [-0.2, -0.15) is 0 Å². The Morgan fingerprint density at radius 2 is 2.06 bits per heavy atom. The third kappa shape index (κ3) is 3.65. The summed E-state index contributed by atoms with van der Waals surface area (Å²) in [6.07, 6.45) is 5.71. The number of benzene rings is 1. The number of aromatic nitrogens is 3. The number of ether oxygens (including phenoxy) is 1. The predicted molar refractivity (Wildman–Crippen MR) is 136 cm³/mol. The summed E-state index contributed by atoms with van der Waals surface area (Å²) in [6.45, 7) is 6.18. The van der Waals surface area contributed by atoms with E-state index in [1.807, 2.05) is 23.2 Å². The molecular formula is C28H31N5O2. The smallest absolute Gasteiger partial charge is 0.254 e. The van der Waals surface area contributed by atoms with E-state index in [4.69, 9.17) is 9.72 Å². The molecule has 7 heteroatoms. The minimum Gasteiger partial charge on any atom is -0.375 e. The van der Waals surface area contributed by atoms with Crippen LogP contribution in [0.25, 0.3) is 27.9 Å². The van der Waals surface area contributed by atoms with E-state index in [1.165, 1.54) is 23.7 Å². The van der Waals surface area contributed by atoms with Crippen LogP contribution in [0.15, 0.2) is 48.7 Å². The molecule has 1 aliphatic carbocycles. The molecule has 2 saturated heterocycles. The first-order valence-electron chi connectivity index (χ1n) is 12.9. The third-order valence-electron chi connectivity index (χ3n) is 7.98. The van der Waals surface area contributed by atoms with Crippen molar-refractivity contribution in [2.45, 2.75) is 44.9 Å². The van der Waals surface area contributed by atoms with Crippen LogP contribution in [0.1, 0.15) is 35.3 Å². The summed E-state index contributed by atoms with van der Waals surface area (Å²) in [5.41, 5.74) is 6.05. The van der Waals surface area contributed by atoms with E-state index < -0.39 is 0 Å². The average Bonchev–Trinajstić information content (AvgIpc) is 3.57. The number of para-hydroxylation sites is 1. The lowest BCUT2D eigenvalue weighted by Gasteiger charge is -2.41. The Labute approximate surface area is 204 Å². The van der Waals surface area contributed by atoms with Gasteiger partial charge in [0.05, 0.1) is 24.4 Å². The molecule has 3 aromatic heterocycles. The largest absolute Gasteiger partial charge is 0.375 e. The first-order chi connectivity index (χ1) is 17.2. The monoisotopic (exact) mass is 469 g/mol. The Kier molecular flexibility index (Phi) is 4.96. The lowest BCUT2D eigenvalue weighted by atomic mass is 10.00. The molecule has 1 N–H and O–H groups in total. The van der Waals surface area contributed by atoms with Gasteiger partial charge in [0, 0.05) is 54.5 Å². The zero-order valence-electron chi connectivity index (χ0n) is 20.1. The van der Waals surface area contributed by atoms with Crippen LogP contribution in [0, 0.1) is 12.8 Å². The molecule has 1 saturated carbocycles. The van der Waals surface area contributed by atoms with Gasteiger partial charge in [0.2, 0.25) is 0 Å². The molecule has 0 spiro atoms. The van der Waals surface area contributed by atoms with E-state index in [2.05, 4.69) is 51.5 Å². The van der Waals surface area contributed by atoms with Crippen LogP contribution in [-0.2, 0) is 11.3 Å². The molecule has 2 unspecified atom stereocenters. The zero-order valence-corrected chi connectivity index (χ0v) is 20.1. The van der Waals surface area contributed by atoms with Crippen molar-refractivity contribution in [3.05, 3.63) is 59.9 Å². The molecule has 7 rings (SSSR count). The zero-order chi connectivity index (χ0) is 23.5. The Hall–Kier alpha value is -3.16. The maximum absolute atomic E-state index is 13.4. The minimum atomic E-state index is 0.0726. The molecule has 7 nitrogen and oxygen atoms in total. The van der Waals surface area contributed by atoms with E-state index >= 15 is 0 Å². The molecule has 1 amide bonds. The molecule has 3 fully saturated rings. The van der Waals surface area contributed by atoms with Crippen LogP contribution >= 0.6 is 0 Å². The first-order valence-corrected chi connectivity index (χ1v) is 12.9. The minimum absolute atomic E-state index is 0.0726. The fraction of sp³-hybridized carbons (Fsp3) is 0.429. The molecule has 0 radical (unpaired) electrons. The number of imidazole rings is 1. The SMILES string of the molecule is Cc1c(-c2cc3ccccc3n2CC2CC2)nc2cc(C(=O)N3CCC4OCCNC4C3)ccn12. The molecule has 2 aliphatic heterocycles. The van der Waals surface area contributed by atoms with Gasteiger partial charge in [0.15, 0.2) is 0 Å². The van der Waals surface area contributed by atoms with Crippen molar-refractivity contribution in [1.29, 1.82) is 0 Å². The summed E-state index contributed by atoms with van der Waals surface area (Å²) in [7, 11) is 0. The van der Waals surface area contributed by atoms with Crippen LogP contribution in [0.5, 0.6) is 0 Å². The van der Waals surface area contributed by atoms with Crippen LogP contribution in [0.4, 0.5) is 0 Å². The number of fused-ring (bicyclic) bond motifs is 3. The normalized spacial score (nSPS) is 22.6. The average molecular weight is 470 g/mol. The number of hydrogen-bond acceptors (Lipinski definition) is 4. The second kappa shape index (κ2) is 8.21. The molecule has 3 aliphatic rings. The highest BCUT2D eigenvalue weighted by Gasteiger charge is 2.34. The number of carbonyl (C=O) groups is 1. The van der Waals surface area contributed by atoms with E-state index in [9.17, 15) is 4.79 Å². The third-order valence-corrected chi connectivity index (χ3v) is 7.98. The number of likely N-dealkylation sites (tertiary alicyclic amines) is 1. The molecule has 5 heterocycles. The molecule has 1 aromatic carbocycles. The highest BCUT2D eigenvalue weighted by molar-refractivity contribution is 5.95. The summed E-state index contributed by atoms with van der Waals surface area (Å²) in [5, 5.41) is 4.76. The quantitative estimate of drug-likeness (QED) is 0.493. The molecule has 0 bridgehead atoms. The highest BCUT2D eigenvalue weighted by Crippen LogP contribution is 2.36. The molecule has 2 atom stereocenters. The number of nitrogens with zero attached hydrogens (tertiary/aromatic N) is 4. The maximum atomic E-state index is 13.4. The number of nitrogens with one attached hydrogen (secondary N) is 1. The number of rotatable bonds is 4. The van der Waals surface area contributed by atoms with Crippen molar-refractivity contribution >= 4 is 22.5 Å². The molecule has 180 valence electrons. The highest BCUT2D eigenvalue weighted by atomic mass is 16.5.